The fraction of sp³-hybridized carbons (Fsp3) is 0.174. The molecule has 0 fully saturated rings. The summed E-state index contributed by atoms with van der Waals surface area (Å²) >= 11 is 5.91. The average molecular weight is 393 g/mol. The first kappa shape index (κ1) is 18.4. The van der Waals surface area contributed by atoms with Crippen LogP contribution in [0.4, 0.5) is 0 Å². The van der Waals surface area contributed by atoms with Crippen molar-refractivity contribution in [2.24, 2.45) is 0 Å². The van der Waals surface area contributed by atoms with Crippen molar-refractivity contribution in [1.82, 2.24) is 9.55 Å². The normalized spacial score (nSPS) is 10.9. The molecular weight excluding hydrogens is 372 g/mol. The third kappa shape index (κ3) is 4.46. The number of nitrogens with zero attached hydrogens (tertiary/aromatic N) is 2. The molecule has 0 aliphatic rings. The molecule has 0 saturated heterocycles. The van der Waals surface area contributed by atoms with Crippen molar-refractivity contribution in [2.45, 2.75) is 19.6 Å². The molecule has 1 heterocycles. The predicted molar refractivity (Wildman–Crippen MR) is 112 cm³/mol. The maximum absolute atomic E-state index is 5.92. The molecule has 142 valence electrons. The van der Waals surface area contributed by atoms with Crippen LogP contribution in [0.5, 0.6) is 11.5 Å². The van der Waals surface area contributed by atoms with Gasteiger partial charge in [0.25, 0.3) is 0 Å². The lowest BCUT2D eigenvalue weighted by molar-refractivity contribution is 0.280. The van der Waals surface area contributed by atoms with Crippen LogP contribution in [0.15, 0.2) is 78.9 Å². The molecule has 0 radical (unpaired) electrons. The van der Waals surface area contributed by atoms with E-state index < -0.39 is 0 Å². The van der Waals surface area contributed by atoms with E-state index in [1.54, 1.807) is 0 Å². The van der Waals surface area contributed by atoms with Crippen molar-refractivity contribution < 1.29 is 9.47 Å². The van der Waals surface area contributed by atoms with E-state index in [2.05, 4.69) is 10.6 Å². The van der Waals surface area contributed by atoms with Crippen molar-refractivity contribution in [3.8, 4) is 11.5 Å². The zero-order chi connectivity index (χ0) is 19.2. The Morgan fingerprint density at radius 3 is 2.32 bits per heavy atom. The van der Waals surface area contributed by atoms with Crippen molar-refractivity contribution in [3.63, 3.8) is 0 Å². The average Bonchev–Trinajstić information content (AvgIpc) is 3.09. The van der Waals surface area contributed by atoms with E-state index in [9.17, 15) is 0 Å². The van der Waals surface area contributed by atoms with E-state index in [4.69, 9.17) is 26.1 Å². The summed E-state index contributed by atoms with van der Waals surface area (Å²) in [6, 6.07) is 25.4. The summed E-state index contributed by atoms with van der Waals surface area (Å²) in [4.78, 5) is 4.76. The first-order chi connectivity index (χ1) is 13.8. The van der Waals surface area contributed by atoms with E-state index >= 15 is 0 Å². The van der Waals surface area contributed by atoms with Gasteiger partial charge in [-0.2, -0.15) is 0 Å². The lowest BCUT2D eigenvalue weighted by Gasteiger charge is -2.11. The lowest BCUT2D eigenvalue weighted by Crippen LogP contribution is -2.10. The Bertz CT molecular complexity index is 1030. The molecule has 5 heteroatoms. The van der Waals surface area contributed by atoms with E-state index in [0.717, 1.165) is 41.3 Å². The van der Waals surface area contributed by atoms with E-state index in [-0.39, 0.29) is 0 Å². The second-order valence-corrected chi connectivity index (χ2v) is 6.86. The van der Waals surface area contributed by atoms with Crippen molar-refractivity contribution in [2.75, 3.05) is 6.61 Å². The minimum Gasteiger partial charge on any atom is -0.494 e. The number of aromatic nitrogens is 2. The van der Waals surface area contributed by atoms with Crippen LogP contribution in [0.25, 0.3) is 11.0 Å². The maximum Gasteiger partial charge on any atom is 0.147 e. The highest BCUT2D eigenvalue weighted by molar-refractivity contribution is 6.30. The van der Waals surface area contributed by atoms with Crippen molar-refractivity contribution >= 4 is 22.6 Å². The summed E-state index contributed by atoms with van der Waals surface area (Å²) < 4.78 is 14.0. The summed E-state index contributed by atoms with van der Waals surface area (Å²) in [5, 5.41) is 0.709. The van der Waals surface area contributed by atoms with Crippen LogP contribution in [-0.2, 0) is 13.2 Å². The molecule has 4 nitrogen and oxygen atoms in total. The third-order valence-corrected chi connectivity index (χ3v) is 4.71. The molecule has 3 aromatic carbocycles. The highest BCUT2D eigenvalue weighted by atomic mass is 35.5. The number of aryl methyl sites for hydroxylation is 1. The third-order valence-electron chi connectivity index (χ3n) is 4.45. The van der Waals surface area contributed by atoms with Gasteiger partial charge >= 0.3 is 0 Å². The number of hydrogen-bond acceptors (Lipinski definition) is 3. The Balaban J connectivity index is 1.43. The molecule has 0 spiro atoms. The molecule has 4 rings (SSSR count). The van der Waals surface area contributed by atoms with Gasteiger partial charge in [0.2, 0.25) is 0 Å². The monoisotopic (exact) mass is 392 g/mol. The second kappa shape index (κ2) is 8.81. The van der Waals surface area contributed by atoms with Gasteiger partial charge in [-0.3, -0.25) is 0 Å². The maximum atomic E-state index is 5.92. The topological polar surface area (TPSA) is 36.3 Å². The SMILES string of the molecule is Clc1ccc(OCCCn2c(COc3ccccc3)nc3ccccc32)cc1. The van der Waals surface area contributed by atoms with Gasteiger partial charge in [0, 0.05) is 11.6 Å². The van der Waals surface area contributed by atoms with Crippen LogP contribution >= 0.6 is 11.6 Å². The number of rotatable bonds is 8. The van der Waals surface area contributed by atoms with Gasteiger partial charge in [-0.05, 0) is 55.0 Å². The highest BCUT2D eigenvalue weighted by Crippen LogP contribution is 2.19. The second-order valence-electron chi connectivity index (χ2n) is 6.43. The van der Waals surface area contributed by atoms with Gasteiger partial charge in [-0.1, -0.05) is 41.9 Å². The van der Waals surface area contributed by atoms with Crippen LogP contribution in [0.1, 0.15) is 12.2 Å². The van der Waals surface area contributed by atoms with Crippen LogP contribution < -0.4 is 9.47 Å². The molecule has 4 aromatic rings. The molecule has 28 heavy (non-hydrogen) atoms. The number of halogens is 1. The molecular formula is C23H21ClN2O2. The van der Waals surface area contributed by atoms with E-state index in [0.29, 0.717) is 18.2 Å². The summed E-state index contributed by atoms with van der Waals surface area (Å²) in [6.07, 6.45) is 0.862. The number of imidazole rings is 1. The Morgan fingerprint density at radius 2 is 1.50 bits per heavy atom. The van der Waals surface area contributed by atoms with Crippen molar-refractivity contribution in [1.29, 1.82) is 0 Å². The molecule has 0 N–H and O–H groups in total. The lowest BCUT2D eigenvalue weighted by atomic mass is 10.3. The summed E-state index contributed by atoms with van der Waals surface area (Å²) in [5.74, 6) is 2.58. The Hall–Kier alpha value is -2.98. The molecule has 0 amide bonds. The molecule has 0 aliphatic heterocycles. The molecule has 1 aromatic heterocycles. The molecule has 0 aliphatic carbocycles. The predicted octanol–water partition coefficient (Wildman–Crippen LogP) is 5.74. The zero-order valence-electron chi connectivity index (χ0n) is 15.4. The Morgan fingerprint density at radius 1 is 0.786 bits per heavy atom. The van der Waals surface area contributed by atoms with Gasteiger partial charge in [0.05, 0.1) is 17.6 Å². The first-order valence-electron chi connectivity index (χ1n) is 9.30. The Labute approximate surface area is 169 Å². The fourth-order valence-corrected chi connectivity index (χ4v) is 3.22. The van der Waals surface area contributed by atoms with Gasteiger partial charge in [-0.25, -0.2) is 4.98 Å². The highest BCUT2D eigenvalue weighted by Gasteiger charge is 2.11. The summed E-state index contributed by atoms with van der Waals surface area (Å²) in [6.45, 7) is 1.85. The fourth-order valence-electron chi connectivity index (χ4n) is 3.09. The van der Waals surface area contributed by atoms with Crippen LogP contribution in [0.3, 0.4) is 0 Å². The van der Waals surface area contributed by atoms with E-state index in [1.807, 2.05) is 72.8 Å². The quantitative estimate of drug-likeness (QED) is 0.359. The minimum absolute atomic E-state index is 0.427. The number of ether oxygens (including phenoxy) is 2. The number of hydrogen-bond donors (Lipinski definition) is 0. The van der Waals surface area contributed by atoms with Gasteiger partial charge < -0.3 is 14.0 Å². The van der Waals surface area contributed by atoms with Gasteiger partial charge in [0.1, 0.15) is 23.9 Å². The molecule has 0 bridgehead atoms. The zero-order valence-corrected chi connectivity index (χ0v) is 16.2. The molecule has 0 atom stereocenters. The standard InChI is InChI=1S/C23H21ClN2O2/c24-18-11-13-20(14-12-18)27-16-6-15-26-22-10-5-4-9-21(22)25-23(26)17-28-19-7-2-1-3-8-19/h1-5,7-14H,6,15-17H2. The van der Waals surface area contributed by atoms with Gasteiger partial charge in [0.15, 0.2) is 0 Å². The van der Waals surface area contributed by atoms with Gasteiger partial charge in [-0.15, -0.1) is 0 Å². The largest absolute Gasteiger partial charge is 0.494 e. The number of benzene rings is 3. The minimum atomic E-state index is 0.427. The van der Waals surface area contributed by atoms with Crippen LogP contribution in [0, 0.1) is 0 Å². The Kier molecular flexibility index (Phi) is 5.78. The van der Waals surface area contributed by atoms with E-state index in [1.165, 1.54) is 0 Å². The summed E-state index contributed by atoms with van der Waals surface area (Å²) in [5.41, 5.74) is 2.09. The van der Waals surface area contributed by atoms with Crippen LogP contribution in [-0.4, -0.2) is 16.2 Å². The molecule has 0 unspecified atom stereocenters. The number of para-hydroxylation sites is 3. The first-order valence-corrected chi connectivity index (χ1v) is 9.68. The molecule has 0 saturated carbocycles. The van der Waals surface area contributed by atoms with Crippen molar-refractivity contribution in [3.05, 3.63) is 89.7 Å². The van der Waals surface area contributed by atoms with Crippen LogP contribution in [0.2, 0.25) is 5.02 Å². The smallest absolute Gasteiger partial charge is 0.147 e. The number of fused-ring (bicyclic) bond motifs is 1. The summed E-state index contributed by atoms with van der Waals surface area (Å²) in [7, 11) is 0.